The smallest absolute Gasteiger partial charge is 0.350 e. The third-order valence-corrected chi connectivity index (χ3v) is 6.29. The van der Waals surface area contributed by atoms with Gasteiger partial charge in [-0.1, -0.05) is 18.2 Å². The number of anilines is 1. The lowest BCUT2D eigenvalue weighted by Gasteiger charge is -2.36. The lowest BCUT2D eigenvalue weighted by Crippen LogP contribution is -2.47. The fourth-order valence-electron chi connectivity index (χ4n) is 4.65. The molecule has 156 valence electrons. The molecule has 1 saturated carbocycles. The molecule has 0 amide bonds. The van der Waals surface area contributed by atoms with E-state index in [9.17, 15) is 9.59 Å². The molecule has 7 nitrogen and oxygen atoms in total. The Labute approximate surface area is 175 Å². The highest BCUT2D eigenvalue weighted by Crippen LogP contribution is 2.37. The first-order valence-corrected chi connectivity index (χ1v) is 10.7. The number of aromatic nitrogens is 3. The van der Waals surface area contributed by atoms with Gasteiger partial charge in [0, 0.05) is 50.5 Å². The van der Waals surface area contributed by atoms with E-state index in [2.05, 4.69) is 27.0 Å². The molecule has 2 atom stereocenters. The molecule has 3 aromatic rings. The summed E-state index contributed by atoms with van der Waals surface area (Å²) in [6, 6.07) is 14.5. The van der Waals surface area contributed by atoms with Gasteiger partial charge in [-0.2, -0.15) is 0 Å². The van der Waals surface area contributed by atoms with Crippen LogP contribution in [-0.2, 0) is 17.8 Å². The first-order chi connectivity index (χ1) is 14.6. The van der Waals surface area contributed by atoms with Gasteiger partial charge in [0.2, 0.25) is 0 Å². The standard InChI is InChI=1S/C23H27N5O2/c1-17(29)13-18-5-4-6-20(14-18)25-9-11-26(12-10-25)21-15-19(21)16-28-23(30)27-8-3-2-7-22(27)24-28/h2-8,14,19,21H,9-13,15-16H2,1H3. The van der Waals surface area contributed by atoms with Gasteiger partial charge in [0.05, 0.1) is 6.54 Å². The second-order valence-electron chi connectivity index (χ2n) is 8.53. The Kier molecular flexibility index (Phi) is 4.90. The number of piperazine rings is 1. The van der Waals surface area contributed by atoms with Crippen molar-refractivity contribution >= 4 is 17.1 Å². The topological polar surface area (TPSA) is 62.9 Å². The summed E-state index contributed by atoms with van der Waals surface area (Å²) in [5, 5.41) is 4.47. The number of hydrogen-bond donors (Lipinski definition) is 0. The molecule has 2 fully saturated rings. The maximum absolute atomic E-state index is 12.5. The minimum Gasteiger partial charge on any atom is -0.369 e. The van der Waals surface area contributed by atoms with E-state index < -0.39 is 0 Å². The van der Waals surface area contributed by atoms with Crippen molar-refractivity contribution in [1.29, 1.82) is 0 Å². The number of benzene rings is 1. The molecular formula is C23H27N5O2. The molecule has 1 aliphatic carbocycles. The van der Waals surface area contributed by atoms with E-state index in [1.54, 1.807) is 22.2 Å². The number of pyridine rings is 1. The Bertz CT molecular complexity index is 1130. The van der Waals surface area contributed by atoms with Crippen LogP contribution in [0.25, 0.3) is 5.65 Å². The second kappa shape index (κ2) is 7.72. The van der Waals surface area contributed by atoms with E-state index in [0.29, 0.717) is 30.6 Å². The van der Waals surface area contributed by atoms with Crippen molar-refractivity contribution < 1.29 is 4.79 Å². The van der Waals surface area contributed by atoms with E-state index in [-0.39, 0.29) is 11.5 Å². The molecule has 7 heteroatoms. The van der Waals surface area contributed by atoms with Gasteiger partial charge in [0.15, 0.2) is 5.65 Å². The SMILES string of the molecule is CC(=O)Cc1cccc(N2CCN(C3CC3Cn3nc4ccccn4c3=O)CC2)c1. The zero-order valence-electron chi connectivity index (χ0n) is 17.3. The number of ketones is 1. The van der Waals surface area contributed by atoms with Crippen molar-refractivity contribution in [2.45, 2.75) is 32.4 Å². The third-order valence-electron chi connectivity index (χ3n) is 6.29. The lowest BCUT2D eigenvalue weighted by molar-refractivity contribution is -0.116. The number of carbonyl (C=O) groups is 1. The highest BCUT2D eigenvalue weighted by atomic mass is 16.2. The van der Waals surface area contributed by atoms with Crippen LogP contribution in [0.5, 0.6) is 0 Å². The first kappa shape index (κ1) is 19.1. The van der Waals surface area contributed by atoms with E-state index in [4.69, 9.17) is 0 Å². The molecule has 0 N–H and O–H groups in total. The highest BCUT2D eigenvalue weighted by molar-refractivity contribution is 5.78. The highest BCUT2D eigenvalue weighted by Gasteiger charge is 2.43. The Morgan fingerprint density at radius 2 is 1.93 bits per heavy atom. The summed E-state index contributed by atoms with van der Waals surface area (Å²) in [4.78, 5) is 28.9. The van der Waals surface area contributed by atoms with Crippen LogP contribution >= 0.6 is 0 Å². The van der Waals surface area contributed by atoms with Crippen molar-refractivity contribution in [3.63, 3.8) is 0 Å². The molecule has 5 rings (SSSR count). The van der Waals surface area contributed by atoms with Gasteiger partial charge < -0.3 is 4.90 Å². The largest absolute Gasteiger partial charge is 0.369 e. The fraction of sp³-hybridized carbons (Fsp3) is 0.435. The van der Waals surface area contributed by atoms with E-state index in [1.807, 2.05) is 30.3 Å². The Balaban J connectivity index is 1.18. The Hall–Kier alpha value is -2.93. The maximum atomic E-state index is 12.5. The molecule has 0 bridgehead atoms. The summed E-state index contributed by atoms with van der Waals surface area (Å²) in [7, 11) is 0. The van der Waals surface area contributed by atoms with Crippen molar-refractivity contribution in [2.75, 3.05) is 31.1 Å². The van der Waals surface area contributed by atoms with Crippen molar-refractivity contribution in [1.82, 2.24) is 19.1 Å². The van der Waals surface area contributed by atoms with Crippen LogP contribution in [-0.4, -0.2) is 57.1 Å². The normalized spacial score (nSPS) is 21.8. The summed E-state index contributed by atoms with van der Waals surface area (Å²) < 4.78 is 3.23. The molecule has 0 radical (unpaired) electrons. The predicted octanol–water partition coefficient (Wildman–Crippen LogP) is 1.84. The molecule has 30 heavy (non-hydrogen) atoms. The van der Waals surface area contributed by atoms with Gasteiger partial charge in [-0.3, -0.25) is 14.1 Å². The maximum Gasteiger partial charge on any atom is 0.350 e. The molecule has 2 aliphatic rings. The minimum atomic E-state index is -0.0495. The number of fused-ring (bicyclic) bond motifs is 1. The van der Waals surface area contributed by atoms with Crippen LogP contribution in [0.1, 0.15) is 18.9 Å². The van der Waals surface area contributed by atoms with E-state index in [0.717, 1.165) is 38.2 Å². The van der Waals surface area contributed by atoms with Crippen LogP contribution < -0.4 is 10.6 Å². The number of Topliss-reactive ketones (excluding diaryl/α,β-unsaturated/α-hetero) is 1. The van der Waals surface area contributed by atoms with Crippen LogP contribution in [0.3, 0.4) is 0 Å². The van der Waals surface area contributed by atoms with Crippen molar-refractivity contribution in [2.24, 2.45) is 5.92 Å². The van der Waals surface area contributed by atoms with Crippen LogP contribution in [0.2, 0.25) is 0 Å². The third kappa shape index (κ3) is 3.77. The molecule has 2 aromatic heterocycles. The molecule has 1 aromatic carbocycles. The minimum absolute atomic E-state index is 0.0495. The van der Waals surface area contributed by atoms with E-state index in [1.165, 1.54) is 5.69 Å². The summed E-state index contributed by atoms with van der Waals surface area (Å²) in [5.41, 5.74) is 2.95. The average molecular weight is 406 g/mol. The molecule has 3 heterocycles. The van der Waals surface area contributed by atoms with Gasteiger partial charge in [0.25, 0.3) is 0 Å². The van der Waals surface area contributed by atoms with E-state index >= 15 is 0 Å². The van der Waals surface area contributed by atoms with Crippen molar-refractivity contribution in [3.8, 4) is 0 Å². The van der Waals surface area contributed by atoms with Gasteiger partial charge in [-0.25, -0.2) is 9.48 Å². The monoisotopic (exact) mass is 405 g/mol. The Morgan fingerprint density at radius 3 is 2.70 bits per heavy atom. The van der Waals surface area contributed by atoms with Gasteiger partial charge in [-0.05, 0) is 49.1 Å². The number of hydrogen-bond acceptors (Lipinski definition) is 5. The summed E-state index contributed by atoms with van der Waals surface area (Å²) in [6.07, 6.45) is 3.41. The summed E-state index contributed by atoms with van der Waals surface area (Å²) >= 11 is 0. The fourth-order valence-corrected chi connectivity index (χ4v) is 4.65. The van der Waals surface area contributed by atoms with Gasteiger partial charge in [-0.15, -0.1) is 5.10 Å². The van der Waals surface area contributed by atoms with Gasteiger partial charge in [0.1, 0.15) is 5.78 Å². The van der Waals surface area contributed by atoms with Gasteiger partial charge >= 0.3 is 5.69 Å². The van der Waals surface area contributed by atoms with Crippen LogP contribution in [0.15, 0.2) is 53.5 Å². The first-order valence-electron chi connectivity index (χ1n) is 10.7. The quantitative estimate of drug-likeness (QED) is 0.626. The average Bonchev–Trinajstić information content (AvgIpc) is 3.45. The van der Waals surface area contributed by atoms with Crippen LogP contribution in [0.4, 0.5) is 5.69 Å². The lowest BCUT2D eigenvalue weighted by atomic mass is 10.1. The Morgan fingerprint density at radius 1 is 1.10 bits per heavy atom. The summed E-state index contributed by atoms with van der Waals surface area (Å²) in [5.74, 6) is 0.694. The number of rotatable bonds is 6. The number of nitrogens with zero attached hydrogens (tertiary/aromatic N) is 5. The number of carbonyl (C=O) groups excluding carboxylic acids is 1. The molecule has 1 saturated heterocycles. The predicted molar refractivity (Wildman–Crippen MR) is 116 cm³/mol. The zero-order chi connectivity index (χ0) is 20.7. The van der Waals surface area contributed by atoms with Crippen LogP contribution in [0, 0.1) is 5.92 Å². The van der Waals surface area contributed by atoms with Crippen molar-refractivity contribution in [3.05, 3.63) is 64.7 Å². The molecule has 1 aliphatic heterocycles. The second-order valence-corrected chi connectivity index (χ2v) is 8.53. The zero-order valence-corrected chi connectivity index (χ0v) is 17.3. The summed E-state index contributed by atoms with van der Waals surface area (Å²) in [6.45, 7) is 6.36. The molecule has 2 unspecified atom stereocenters. The molecule has 0 spiro atoms. The molecular weight excluding hydrogens is 378 g/mol.